The minimum absolute atomic E-state index is 0.303. The van der Waals surface area contributed by atoms with Crippen molar-refractivity contribution in [1.29, 1.82) is 0 Å². The SMILES string of the molecule is Cc1cccc2oc(=O)n(Cc3ccccc3)c12. The second-order valence-corrected chi connectivity index (χ2v) is 4.36. The molecule has 0 N–H and O–H groups in total. The molecule has 0 bridgehead atoms. The molecule has 0 radical (unpaired) electrons. The molecule has 0 atom stereocenters. The maximum absolute atomic E-state index is 11.9. The van der Waals surface area contributed by atoms with Gasteiger partial charge in [-0.1, -0.05) is 42.5 Å². The third kappa shape index (κ3) is 1.74. The Bertz CT molecular complexity index is 738. The molecule has 0 amide bonds. The van der Waals surface area contributed by atoms with E-state index in [0.29, 0.717) is 12.1 Å². The Kier molecular flexibility index (Phi) is 2.52. The van der Waals surface area contributed by atoms with E-state index in [1.165, 1.54) is 0 Å². The number of fused-ring (bicyclic) bond motifs is 1. The molecular weight excluding hydrogens is 226 g/mol. The zero-order valence-electron chi connectivity index (χ0n) is 10.1. The summed E-state index contributed by atoms with van der Waals surface area (Å²) in [7, 11) is 0. The maximum Gasteiger partial charge on any atom is 0.420 e. The lowest BCUT2D eigenvalue weighted by atomic mass is 10.2. The van der Waals surface area contributed by atoms with Gasteiger partial charge in [0, 0.05) is 0 Å². The first-order valence-corrected chi connectivity index (χ1v) is 5.88. The Morgan fingerprint density at radius 2 is 1.83 bits per heavy atom. The van der Waals surface area contributed by atoms with Crippen LogP contribution in [-0.2, 0) is 6.54 Å². The van der Waals surface area contributed by atoms with Crippen LogP contribution >= 0.6 is 0 Å². The monoisotopic (exact) mass is 239 g/mol. The summed E-state index contributed by atoms with van der Waals surface area (Å²) in [5.41, 5.74) is 3.67. The van der Waals surface area contributed by atoms with Gasteiger partial charge in [-0.2, -0.15) is 0 Å². The van der Waals surface area contributed by atoms with Crippen LogP contribution in [0.25, 0.3) is 11.1 Å². The van der Waals surface area contributed by atoms with E-state index in [9.17, 15) is 4.79 Å². The van der Waals surface area contributed by atoms with Crippen molar-refractivity contribution in [2.75, 3.05) is 0 Å². The van der Waals surface area contributed by atoms with Crippen LogP contribution in [0.3, 0.4) is 0 Å². The van der Waals surface area contributed by atoms with Gasteiger partial charge in [-0.15, -0.1) is 0 Å². The maximum atomic E-state index is 11.9. The Morgan fingerprint density at radius 1 is 1.06 bits per heavy atom. The molecule has 0 unspecified atom stereocenters. The van der Waals surface area contributed by atoms with Crippen molar-refractivity contribution >= 4 is 11.1 Å². The summed E-state index contributed by atoms with van der Waals surface area (Å²) in [4.78, 5) is 11.9. The minimum Gasteiger partial charge on any atom is -0.408 e. The summed E-state index contributed by atoms with van der Waals surface area (Å²) in [5, 5.41) is 0. The number of benzene rings is 2. The molecule has 3 rings (SSSR count). The number of oxazole rings is 1. The van der Waals surface area contributed by atoms with Crippen molar-refractivity contribution in [2.45, 2.75) is 13.5 Å². The molecule has 0 aliphatic rings. The number of aryl methyl sites for hydroxylation is 1. The minimum atomic E-state index is -0.303. The lowest BCUT2D eigenvalue weighted by Crippen LogP contribution is -2.15. The Morgan fingerprint density at radius 3 is 2.61 bits per heavy atom. The molecule has 0 aliphatic heterocycles. The van der Waals surface area contributed by atoms with Crippen molar-refractivity contribution in [1.82, 2.24) is 4.57 Å². The molecule has 0 saturated carbocycles. The van der Waals surface area contributed by atoms with Gasteiger partial charge in [-0.3, -0.25) is 4.57 Å². The Balaban J connectivity index is 2.17. The van der Waals surface area contributed by atoms with Crippen LogP contribution in [0.15, 0.2) is 57.7 Å². The van der Waals surface area contributed by atoms with Crippen molar-refractivity contribution in [3.8, 4) is 0 Å². The van der Waals surface area contributed by atoms with Gasteiger partial charge >= 0.3 is 5.76 Å². The smallest absolute Gasteiger partial charge is 0.408 e. The number of aromatic nitrogens is 1. The number of hydrogen-bond donors (Lipinski definition) is 0. The van der Waals surface area contributed by atoms with E-state index < -0.39 is 0 Å². The molecule has 3 aromatic rings. The van der Waals surface area contributed by atoms with Crippen LogP contribution in [-0.4, -0.2) is 4.57 Å². The Hall–Kier alpha value is -2.29. The molecule has 0 fully saturated rings. The number of hydrogen-bond acceptors (Lipinski definition) is 2. The van der Waals surface area contributed by atoms with Crippen molar-refractivity contribution < 1.29 is 4.42 Å². The van der Waals surface area contributed by atoms with E-state index >= 15 is 0 Å². The molecule has 3 nitrogen and oxygen atoms in total. The van der Waals surface area contributed by atoms with Crippen LogP contribution in [0.5, 0.6) is 0 Å². The van der Waals surface area contributed by atoms with Gasteiger partial charge in [0.1, 0.15) is 0 Å². The summed E-state index contributed by atoms with van der Waals surface area (Å²) < 4.78 is 6.94. The van der Waals surface area contributed by atoms with Gasteiger partial charge in [0.2, 0.25) is 0 Å². The summed E-state index contributed by atoms with van der Waals surface area (Å²) >= 11 is 0. The fraction of sp³-hybridized carbons (Fsp3) is 0.133. The van der Waals surface area contributed by atoms with E-state index in [4.69, 9.17) is 4.42 Å². The molecule has 0 spiro atoms. The van der Waals surface area contributed by atoms with E-state index in [1.807, 2.05) is 55.5 Å². The lowest BCUT2D eigenvalue weighted by Gasteiger charge is -2.04. The highest BCUT2D eigenvalue weighted by molar-refractivity contribution is 5.76. The molecule has 2 aromatic carbocycles. The number of para-hydroxylation sites is 1. The van der Waals surface area contributed by atoms with Crippen LogP contribution < -0.4 is 5.76 Å². The second-order valence-electron chi connectivity index (χ2n) is 4.36. The predicted octanol–water partition coefficient (Wildman–Crippen LogP) is 2.95. The summed E-state index contributed by atoms with van der Waals surface area (Å²) in [6.45, 7) is 2.52. The van der Waals surface area contributed by atoms with Crippen molar-refractivity contribution in [3.63, 3.8) is 0 Å². The summed E-state index contributed by atoms with van der Waals surface area (Å²) in [6, 6.07) is 15.6. The molecule has 3 heteroatoms. The van der Waals surface area contributed by atoms with E-state index in [1.54, 1.807) is 4.57 Å². The van der Waals surface area contributed by atoms with Gasteiger partial charge in [0.05, 0.1) is 12.1 Å². The van der Waals surface area contributed by atoms with E-state index in [2.05, 4.69) is 0 Å². The van der Waals surface area contributed by atoms with Crippen LogP contribution in [0.1, 0.15) is 11.1 Å². The normalized spacial score (nSPS) is 10.9. The zero-order valence-corrected chi connectivity index (χ0v) is 10.1. The van der Waals surface area contributed by atoms with Gasteiger partial charge in [-0.25, -0.2) is 4.79 Å². The average molecular weight is 239 g/mol. The topological polar surface area (TPSA) is 35.1 Å². The highest BCUT2D eigenvalue weighted by Crippen LogP contribution is 2.18. The van der Waals surface area contributed by atoms with Crippen LogP contribution in [0.4, 0.5) is 0 Å². The van der Waals surface area contributed by atoms with Gasteiger partial charge in [0.25, 0.3) is 0 Å². The number of nitrogens with zero attached hydrogens (tertiary/aromatic N) is 1. The summed E-state index contributed by atoms with van der Waals surface area (Å²) in [6.07, 6.45) is 0. The van der Waals surface area contributed by atoms with Gasteiger partial charge in [0.15, 0.2) is 5.58 Å². The fourth-order valence-electron chi connectivity index (χ4n) is 2.21. The first-order chi connectivity index (χ1) is 8.75. The quantitative estimate of drug-likeness (QED) is 0.689. The van der Waals surface area contributed by atoms with Crippen LogP contribution in [0.2, 0.25) is 0 Å². The predicted molar refractivity (Wildman–Crippen MR) is 70.8 cm³/mol. The van der Waals surface area contributed by atoms with Crippen LogP contribution in [0, 0.1) is 6.92 Å². The van der Waals surface area contributed by atoms with Crippen molar-refractivity contribution in [2.24, 2.45) is 0 Å². The standard InChI is InChI=1S/C15H13NO2/c1-11-6-5-9-13-14(11)16(15(17)18-13)10-12-7-3-2-4-8-12/h2-9H,10H2,1H3. The van der Waals surface area contributed by atoms with Gasteiger partial charge in [-0.05, 0) is 24.1 Å². The Labute approximate surface area is 104 Å². The number of rotatable bonds is 2. The molecule has 0 aliphatic carbocycles. The van der Waals surface area contributed by atoms with Gasteiger partial charge < -0.3 is 4.42 Å². The van der Waals surface area contributed by atoms with Crippen molar-refractivity contribution in [3.05, 3.63) is 70.2 Å². The highest BCUT2D eigenvalue weighted by Gasteiger charge is 2.11. The molecule has 1 aromatic heterocycles. The van der Waals surface area contributed by atoms with E-state index in [0.717, 1.165) is 16.6 Å². The zero-order chi connectivity index (χ0) is 12.5. The first kappa shape index (κ1) is 10.8. The molecular formula is C15H13NO2. The lowest BCUT2D eigenvalue weighted by molar-refractivity contribution is 0.517. The average Bonchev–Trinajstić information content (AvgIpc) is 2.69. The largest absolute Gasteiger partial charge is 0.420 e. The molecule has 0 saturated heterocycles. The third-order valence-electron chi connectivity index (χ3n) is 3.07. The molecule has 90 valence electrons. The second kappa shape index (κ2) is 4.18. The van der Waals surface area contributed by atoms with E-state index in [-0.39, 0.29) is 5.76 Å². The fourth-order valence-corrected chi connectivity index (χ4v) is 2.21. The first-order valence-electron chi connectivity index (χ1n) is 5.88. The molecule has 1 heterocycles. The highest BCUT2D eigenvalue weighted by atomic mass is 16.4. The summed E-state index contributed by atoms with van der Waals surface area (Å²) in [5.74, 6) is -0.303. The molecule has 18 heavy (non-hydrogen) atoms. The third-order valence-corrected chi connectivity index (χ3v) is 3.07.